The molecule has 5 nitrogen and oxygen atoms in total. The van der Waals surface area contributed by atoms with Crippen molar-refractivity contribution in [3.8, 4) is 0 Å². The van der Waals surface area contributed by atoms with Crippen LogP contribution in [0, 0.1) is 0 Å². The van der Waals surface area contributed by atoms with Gasteiger partial charge in [0.2, 0.25) is 0 Å². The van der Waals surface area contributed by atoms with Crippen molar-refractivity contribution >= 4 is 17.7 Å². The van der Waals surface area contributed by atoms with Crippen LogP contribution >= 0.6 is 0 Å². The lowest BCUT2D eigenvalue weighted by Crippen LogP contribution is -2.20. The molecule has 0 N–H and O–H groups in total. The summed E-state index contributed by atoms with van der Waals surface area (Å²) >= 11 is 0. The first-order valence-electron chi connectivity index (χ1n) is 7.03. The fraction of sp³-hybridized carbons (Fsp3) is 0.353. The zero-order valence-corrected chi connectivity index (χ0v) is 12.8. The zero-order valence-electron chi connectivity index (χ0n) is 12.8. The van der Waals surface area contributed by atoms with Crippen LogP contribution in [0.3, 0.4) is 0 Å². The molecule has 1 rings (SSSR count). The average Bonchev–Trinajstić information content (AvgIpc) is 2.52. The number of ketones is 1. The predicted molar refractivity (Wildman–Crippen MR) is 81.2 cm³/mol. The number of benzene rings is 1. The van der Waals surface area contributed by atoms with Crippen molar-refractivity contribution in [3.05, 3.63) is 48.0 Å². The van der Waals surface area contributed by atoms with Crippen molar-refractivity contribution in [1.29, 1.82) is 0 Å². The van der Waals surface area contributed by atoms with Gasteiger partial charge in [-0.15, -0.1) is 0 Å². The van der Waals surface area contributed by atoms with E-state index in [1.165, 1.54) is 0 Å². The molecular formula is C17H20O5. The summed E-state index contributed by atoms with van der Waals surface area (Å²) in [5.74, 6) is -1.90. The molecule has 5 heteroatoms. The highest BCUT2D eigenvalue weighted by Crippen LogP contribution is 2.16. The van der Waals surface area contributed by atoms with Gasteiger partial charge in [0, 0.05) is 11.5 Å². The summed E-state index contributed by atoms with van der Waals surface area (Å²) in [5.41, 5.74) is 0.826. The Morgan fingerprint density at radius 2 is 1.77 bits per heavy atom. The standard InChI is InChI=1S/C17H20O5/c1-4-21-16(19)10-12(2)17(20)22-11-15(18)13(3)14-8-6-5-7-9-14/h5-9,13H,2,4,10-11H2,1,3H3. The first-order valence-corrected chi connectivity index (χ1v) is 7.03. The van der Waals surface area contributed by atoms with Gasteiger partial charge in [0.25, 0.3) is 0 Å². The summed E-state index contributed by atoms with van der Waals surface area (Å²) in [5, 5.41) is 0. The van der Waals surface area contributed by atoms with Gasteiger partial charge in [-0.25, -0.2) is 4.79 Å². The molecule has 0 saturated carbocycles. The van der Waals surface area contributed by atoms with Crippen molar-refractivity contribution < 1.29 is 23.9 Å². The van der Waals surface area contributed by atoms with E-state index < -0.39 is 11.9 Å². The monoisotopic (exact) mass is 304 g/mol. The fourth-order valence-corrected chi connectivity index (χ4v) is 1.75. The van der Waals surface area contributed by atoms with Gasteiger partial charge in [-0.05, 0) is 12.5 Å². The van der Waals surface area contributed by atoms with E-state index >= 15 is 0 Å². The maximum Gasteiger partial charge on any atom is 0.334 e. The molecule has 0 heterocycles. The van der Waals surface area contributed by atoms with Gasteiger partial charge in [0.1, 0.15) is 0 Å². The highest BCUT2D eigenvalue weighted by atomic mass is 16.5. The number of Topliss-reactive ketones (excluding diaryl/α,β-unsaturated/α-hetero) is 1. The van der Waals surface area contributed by atoms with Gasteiger partial charge in [-0.1, -0.05) is 43.8 Å². The molecule has 1 aromatic rings. The van der Waals surface area contributed by atoms with Gasteiger partial charge in [0.15, 0.2) is 12.4 Å². The maximum absolute atomic E-state index is 12.0. The van der Waals surface area contributed by atoms with E-state index in [1.54, 1.807) is 13.8 Å². The Morgan fingerprint density at radius 1 is 1.14 bits per heavy atom. The van der Waals surface area contributed by atoms with Crippen LogP contribution in [0.1, 0.15) is 31.7 Å². The normalized spacial score (nSPS) is 11.4. The van der Waals surface area contributed by atoms with Gasteiger partial charge in [0.05, 0.1) is 13.0 Å². The Balaban J connectivity index is 2.45. The van der Waals surface area contributed by atoms with Gasteiger partial charge in [-0.2, -0.15) is 0 Å². The maximum atomic E-state index is 12.0. The number of carbonyl (C=O) groups excluding carboxylic acids is 3. The highest BCUT2D eigenvalue weighted by Gasteiger charge is 2.19. The molecule has 0 aliphatic rings. The van der Waals surface area contributed by atoms with E-state index in [0.717, 1.165) is 5.56 Å². The van der Waals surface area contributed by atoms with E-state index in [2.05, 4.69) is 6.58 Å². The lowest BCUT2D eigenvalue weighted by molar-refractivity contribution is -0.147. The molecule has 0 aliphatic heterocycles. The molecular weight excluding hydrogens is 284 g/mol. The molecule has 0 spiro atoms. The minimum Gasteiger partial charge on any atom is -0.466 e. The van der Waals surface area contributed by atoms with Crippen LogP contribution in [0.4, 0.5) is 0 Å². The molecule has 1 aromatic carbocycles. The fourth-order valence-electron chi connectivity index (χ4n) is 1.75. The molecule has 0 saturated heterocycles. The molecule has 1 atom stereocenters. The molecule has 118 valence electrons. The Morgan fingerprint density at radius 3 is 2.36 bits per heavy atom. The van der Waals surface area contributed by atoms with Crippen LogP contribution in [0.25, 0.3) is 0 Å². The molecule has 22 heavy (non-hydrogen) atoms. The second kappa shape index (κ2) is 8.77. The van der Waals surface area contributed by atoms with Crippen molar-refractivity contribution in [3.63, 3.8) is 0 Å². The van der Waals surface area contributed by atoms with E-state index in [4.69, 9.17) is 9.47 Å². The van der Waals surface area contributed by atoms with Crippen molar-refractivity contribution in [2.45, 2.75) is 26.2 Å². The average molecular weight is 304 g/mol. The number of hydrogen-bond donors (Lipinski definition) is 0. The summed E-state index contributed by atoms with van der Waals surface area (Å²) < 4.78 is 9.60. The van der Waals surface area contributed by atoms with Gasteiger partial charge in [-0.3, -0.25) is 9.59 Å². The quantitative estimate of drug-likeness (QED) is 0.545. The Kier molecular flexibility index (Phi) is 7.02. The van der Waals surface area contributed by atoms with Crippen LogP contribution in [0.15, 0.2) is 42.5 Å². The smallest absolute Gasteiger partial charge is 0.334 e. The molecule has 0 radical (unpaired) electrons. The van der Waals surface area contributed by atoms with E-state index in [1.807, 2.05) is 30.3 Å². The summed E-state index contributed by atoms with van der Waals surface area (Å²) in [7, 11) is 0. The van der Waals surface area contributed by atoms with Gasteiger partial charge < -0.3 is 9.47 Å². The third-order valence-electron chi connectivity index (χ3n) is 3.08. The van der Waals surface area contributed by atoms with Crippen molar-refractivity contribution in [2.75, 3.05) is 13.2 Å². The SMILES string of the molecule is C=C(CC(=O)OCC)C(=O)OCC(=O)C(C)c1ccccc1. The Labute approximate surface area is 129 Å². The van der Waals surface area contributed by atoms with Gasteiger partial charge >= 0.3 is 11.9 Å². The van der Waals surface area contributed by atoms with Crippen LogP contribution < -0.4 is 0 Å². The van der Waals surface area contributed by atoms with E-state index in [9.17, 15) is 14.4 Å². The first-order chi connectivity index (χ1) is 10.5. The summed E-state index contributed by atoms with van der Waals surface area (Å²) in [6.07, 6.45) is -0.241. The predicted octanol–water partition coefficient (Wildman–Crippen LogP) is 2.41. The van der Waals surface area contributed by atoms with E-state index in [-0.39, 0.29) is 36.9 Å². The lowest BCUT2D eigenvalue weighted by atomic mass is 9.97. The third-order valence-corrected chi connectivity index (χ3v) is 3.08. The summed E-state index contributed by atoms with van der Waals surface area (Å²) in [6.45, 7) is 6.77. The summed E-state index contributed by atoms with van der Waals surface area (Å²) in [6, 6.07) is 9.22. The molecule has 0 fully saturated rings. The van der Waals surface area contributed by atoms with Crippen molar-refractivity contribution in [1.82, 2.24) is 0 Å². The Bertz CT molecular complexity index is 547. The molecule has 0 aromatic heterocycles. The number of ether oxygens (including phenoxy) is 2. The highest BCUT2D eigenvalue weighted by molar-refractivity contribution is 5.95. The van der Waals surface area contributed by atoms with Crippen LogP contribution in [0.5, 0.6) is 0 Å². The Hall–Kier alpha value is -2.43. The van der Waals surface area contributed by atoms with E-state index in [0.29, 0.717) is 0 Å². The second-order valence-corrected chi connectivity index (χ2v) is 4.76. The largest absolute Gasteiger partial charge is 0.466 e. The molecule has 1 unspecified atom stereocenters. The van der Waals surface area contributed by atoms with Crippen LogP contribution in [-0.2, 0) is 23.9 Å². The first kappa shape index (κ1) is 17.6. The third kappa shape index (κ3) is 5.52. The number of hydrogen-bond acceptors (Lipinski definition) is 5. The minimum atomic E-state index is -0.762. The van der Waals surface area contributed by atoms with Crippen LogP contribution in [-0.4, -0.2) is 30.9 Å². The number of rotatable bonds is 8. The lowest BCUT2D eigenvalue weighted by Gasteiger charge is -2.11. The van der Waals surface area contributed by atoms with Crippen molar-refractivity contribution in [2.24, 2.45) is 0 Å². The molecule has 0 amide bonds. The molecule has 0 aliphatic carbocycles. The zero-order chi connectivity index (χ0) is 16.5. The minimum absolute atomic E-state index is 0.0291. The van der Waals surface area contributed by atoms with Crippen LogP contribution in [0.2, 0.25) is 0 Å². The topological polar surface area (TPSA) is 69.7 Å². The number of carbonyl (C=O) groups is 3. The molecule has 0 bridgehead atoms. The second-order valence-electron chi connectivity index (χ2n) is 4.76. The summed E-state index contributed by atoms with van der Waals surface area (Å²) in [4.78, 5) is 34.9. The number of esters is 2.